The first-order chi connectivity index (χ1) is 9.01. The zero-order valence-corrected chi connectivity index (χ0v) is 13.0. The standard InChI is InChI=1S/C14H26N2O4/c1-9(2)8-10(15)13(19)16-11(17)6-7-12(18)20-14(3,4)5/h9-10H,6-8,15H2,1-5H3,(H,16,17,19)/t10-/m0/s1. The Kier molecular flexibility index (Phi) is 7.42. The van der Waals surface area contributed by atoms with Gasteiger partial charge in [-0.25, -0.2) is 0 Å². The van der Waals surface area contributed by atoms with Crippen LogP contribution in [0.3, 0.4) is 0 Å². The minimum absolute atomic E-state index is 0.0597. The van der Waals surface area contributed by atoms with Crippen LogP contribution in [0.4, 0.5) is 0 Å². The van der Waals surface area contributed by atoms with Crippen LogP contribution in [0.25, 0.3) is 0 Å². The Labute approximate surface area is 120 Å². The molecule has 0 aliphatic heterocycles. The maximum absolute atomic E-state index is 11.6. The molecule has 0 spiro atoms. The van der Waals surface area contributed by atoms with Crippen molar-refractivity contribution in [2.75, 3.05) is 0 Å². The first-order valence-electron chi connectivity index (χ1n) is 6.82. The highest BCUT2D eigenvalue weighted by Gasteiger charge is 2.20. The summed E-state index contributed by atoms with van der Waals surface area (Å²) in [6, 6.07) is -0.708. The van der Waals surface area contributed by atoms with Gasteiger partial charge >= 0.3 is 5.97 Å². The minimum Gasteiger partial charge on any atom is -0.460 e. The monoisotopic (exact) mass is 286 g/mol. The summed E-state index contributed by atoms with van der Waals surface area (Å²) in [5.74, 6) is -1.22. The number of amides is 2. The van der Waals surface area contributed by atoms with Gasteiger partial charge in [0.15, 0.2) is 0 Å². The largest absolute Gasteiger partial charge is 0.460 e. The normalized spacial score (nSPS) is 12.9. The van der Waals surface area contributed by atoms with Crippen molar-refractivity contribution in [2.45, 2.75) is 65.5 Å². The molecule has 0 aliphatic carbocycles. The summed E-state index contributed by atoms with van der Waals surface area (Å²) in [7, 11) is 0. The zero-order chi connectivity index (χ0) is 15.9. The van der Waals surface area contributed by atoms with Crippen LogP contribution in [0.5, 0.6) is 0 Å². The Morgan fingerprint density at radius 2 is 1.70 bits per heavy atom. The van der Waals surface area contributed by atoms with Crippen LogP contribution < -0.4 is 11.1 Å². The number of hydrogen-bond acceptors (Lipinski definition) is 5. The van der Waals surface area contributed by atoms with Gasteiger partial charge in [0.2, 0.25) is 11.8 Å². The molecule has 0 saturated carbocycles. The van der Waals surface area contributed by atoms with Crippen molar-refractivity contribution in [1.82, 2.24) is 5.32 Å². The van der Waals surface area contributed by atoms with Crippen LogP contribution >= 0.6 is 0 Å². The van der Waals surface area contributed by atoms with Crippen molar-refractivity contribution in [3.05, 3.63) is 0 Å². The summed E-state index contributed by atoms with van der Waals surface area (Å²) in [5, 5.41) is 2.19. The molecule has 2 amide bonds. The van der Waals surface area contributed by atoms with Crippen molar-refractivity contribution in [3.63, 3.8) is 0 Å². The number of esters is 1. The lowest BCUT2D eigenvalue weighted by molar-refractivity contribution is -0.156. The molecule has 0 unspecified atom stereocenters. The quantitative estimate of drug-likeness (QED) is 0.713. The van der Waals surface area contributed by atoms with E-state index >= 15 is 0 Å². The van der Waals surface area contributed by atoms with Crippen LogP contribution in [0, 0.1) is 5.92 Å². The average molecular weight is 286 g/mol. The van der Waals surface area contributed by atoms with E-state index in [-0.39, 0.29) is 18.8 Å². The van der Waals surface area contributed by atoms with Gasteiger partial charge in [-0.15, -0.1) is 0 Å². The highest BCUT2D eigenvalue weighted by Crippen LogP contribution is 2.09. The number of rotatable bonds is 6. The summed E-state index contributed by atoms with van der Waals surface area (Å²) in [6.45, 7) is 9.13. The molecule has 6 nitrogen and oxygen atoms in total. The Hall–Kier alpha value is -1.43. The van der Waals surface area contributed by atoms with Gasteiger partial charge in [-0.1, -0.05) is 13.8 Å². The lowest BCUT2D eigenvalue weighted by Crippen LogP contribution is -2.44. The highest BCUT2D eigenvalue weighted by molar-refractivity contribution is 5.98. The molecule has 0 aromatic carbocycles. The highest BCUT2D eigenvalue weighted by atomic mass is 16.6. The number of carbonyl (C=O) groups excluding carboxylic acids is 3. The number of nitrogens with one attached hydrogen (secondary N) is 1. The molecule has 0 bridgehead atoms. The number of ether oxygens (including phenoxy) is 1. The molecule has 0 aromatic heterocycles. The first-order valence-corrected chi connectivity index (χ1v) is 6.82. The van der Waals surface area contributed by atoms with Crippen molar-refractivity contribution in [3.8, 4) is 0 Å². The van der Waals surface area contributed by atoms with Crippen LogP contribution in [-0.2, 0) is 19.1 Å². The van der Waals surface area contributed by atoms with Gasteiger partial charge in [0.05, 0.1) is 12.5 Å². The number of carbonyl (C=O) groups is 3. The van der Waals surface area contributed by atoms with Gasteiger partial charge < -0.3 is 10.5 Å². The van der Waals surface area contributed by atoms with E-state index in [2.05, 4.69) is 5.32 Å². The van der Waals surface area contributed by atoms with Gasteiger partial charge in [-0.05, 0) is 33.1 Å². The van der Waals surface area contributed by atoms with Crippen molar-refractivity contribution in [2.24, 2.45) is 11.7 Å². The van der Waals surface area contributed by atoms with Gasteiger partial charge in [0.25, 0.3) is 0 Å². The van der Waals surface area contributed by atoms with Crippen LogP contribution in [0.15, 0.2) is 0 Å². The molecular formula is C14H26N2O4. The van der Waals surface area contributed by atoms with Gasteiger partial charge in [-0.3, -0.25) is 19.7 Å². The van der Waals surface area contributed by atoms with Crippen molar-refractivity contribution < 1.29 is 19.1 Å². The van der Waals surface area contributed by atoms with E-state index in [9.17, 15) is 14.4 Å². The molecule has 6 heteroatoms. The third-order valence-corrected chi connectivity index (χ3v) is 2.30. The van der Waals surface area contributed by atoms with Gasteiger partial charge in [-0.2, -0.15) is 0 Å². The van der Waals surface area contributed by atoms with Gasteiger partial charge in [0.1, 0.15) is 5.60 Å². The van der Waals surface area contributed by atoms with E-state index in [0.29, 0.717) is 6.42 Å². The van der Waals surface area contributed by atoms with E-state index in [4.69, 9.17) is 10.5 Å². The molecule has 0 saturated heterocycles. The number of imide groups is 1. The summed E-state index contributed by atoms with van der Waals surface area (Å²) in [4.78, 5) is 34.5. The molecule has 3 N–H and O–H groups in total. The number of nitrogens with two attached hydrogens (primary N) is 1. The smallest absolute Gasteiger partial charge is 0.306 e. The Bertz CT molecular complexity index is 359. The van der Waals surface area contributed by atoms with E-state index in [0.717, 1.165) is 0 Å². The lowest BCUT2D eigenvalue weighted by atomic mass is 10.0. The van der Waals surface area contributed by atoms with E-state index in [1.165, 1.54) is 0 Å². The zero-order valence-electron chi connectivity index (χ0n) is 13.0. The summed E-state index contributed by atoms with van der Waals surface area (Å²) in [6.07, 6.45) is 0.357. The predicted molar refractivity (Wildman–Crippen MR) is 75.7 cm³/mol. The molecule has 0 aromatic rings. The third kappa shape index (κ3) is 9.49. The second-order valence-corrected chi connectivity index (χ2v) is 6.23. The Balaban J connectivity index is 4.06. The topological polar surface area (TPSA) is 98.5 Å². The van der Waals surface area contributed by atoms with E-state index < -0.39 is 29.4 Å². The fraction of sp³-hybridized carbons (Fsp3) is 0.786. The second kappa shape index (κ2) is 7.99. The molecule has 0 fully saturated rings. The SMILES string of the molecule is CC(C)C[C@H](N)C(=O)NC(=O)CCC(=O)OC(C)(C)C. The lowest BCUT2D eigenvalue weighted by Gasteiger charge is -2.19. The fourth-order valence-electron chi connectivity index (χ4n) is 1.52. The van der Waals surface area contributed by atoms with Crippen LogP contribution in [-0.4, -0.2) is 29.4 Å². The van der Waals surface area contributed by atoms with E-state index in [1.54, 1.807) is 20.8 Å². The molecule has 0 heterocycles. The van der Waals surface area contributed by atoms with Crippen molar-refractivity contribution >= 4 is 17.8 Å². The second-order valence-electron chi connectivity index (χ2n) is 6.23. The molecule has 20 heavy (non-hydrogen) atoms. The molecule has 0 rings (SSSR count). The summed E-state index contributed by atoms with van der Waals surface area (Å²) in [5.41, 5.74) is 5.07. The minimum atomic E-state index is -0.708. The molecule has 0 radical (unpaired) electrons. The Morgan fingerprint density at radius 3 is 2.15 bits per heavy atom. The summed E-state index contributed by atoms with van der Waals surface area (Å²) >= 11 is 0. The molecule has 0 aliphatic rings. The molecule has 1 atom stereocenters. The van der Waals surface area contributed by atoms with Gasteiger partial charge in [0, 0.05) is 6.42 Å². The maximum atomic E-state index is 11.6. The molecular weight excluding hydrogens is 260 g/mol. The van der Waals surface area contributed by atoms with Crippen LogP contribution in [0.1, 0.15) is 53.9 Å². The number of hydrogen-bond donors (Lipinski definition) is 2. The summed E-state index contributed by atoms with van der Waals surface area (Å²) < 4.78 is 5.06. The Morgan fingerprint density at radius 1 is 1.15 bits per heavy atom. The van der Waals surface area contributed by atoms with E-state index in [1.807, 2.05) is 13.8 Å². The third-order valence-electron chi connectivity index (χ3n) is 2.30. The van der Waals surface area contributed by atoms with Crippen molar-refractivity contribution in [1.29, 1.82) is 0 Å². The maximum Gasteiger partial charge on any atom is 0.306 e. The predicted octanol–water partition coefficient (Wildman–Crippen LogP) is 1.12. The average Bonchev–Trinajstić information content (AvgIpc) is 2.23. The fourth-order valence-corrected chi connectivity index (χ4v) is 1.52. The van der Waals surface area contributed by atoms with Crippen LogP contribution in [0.2, 0.25) is 0 Å². The first kappa shape index (κ1) is 18.6. The molecule has 116 valence electrons.